The van der Waals surface area contributed by atoms with Crippen molar-refractivity contribution in [3.8, 4) is 11.1 Å². The Morgan fingerprint density at radius 2 is 1.35 bits per heavy atom. The maximum absolute atomic E-state index is 13.4. The third-order valence-corrected chi connectivity index (χ3v) is 5.81. The van der Waals surface area contributed by atoms with Crippen LogP contribution in [0.5, 0.6) is 0 Å². The van der Waals surface area contributed by atoms with Crippen molar-refractivity contribution in [1.29, 1.82) is 0 Å². The number of hydrogen-bond donors (Lipinski definition) is 0. The number of hydrogen-bond acceptors (Lipinski definition) is 2. The highest BCUT2D eigenvalue weighted by atomic mass is 16.5. The number of carbonyl (C=O) groups is 1. The largest absolute Gasteiger partial charge is 0.375 e. The summed E-state index contributed by atoms with van der Waals surface area (Å²) in [7, 11) is 0. The van der Waals surface area contributed by atoms with Crippen molar-refractivity contribution >= 4 is 5.78 Å². The van der Waals surface area contributed by atoms with Gasteiger partial charge < -0.3 is 4.74 Å². The molecule has 2 unspecified atom stereocenters. The first kappa shape index (κ1) is 13.5. The average molecular weight is 304 g/mol. The monoisotopic (exact) mass is 304 g/mol. The zero-order valence-corrected chi connectivity index (χ0v) is 13.1. The molecule has 2 atom stereocenters. The molecule has 2 aromatic rings. The van der Waals surface area contributed by atoms with Gasteiger partial charge in [0.05, 0.1) is 18.1 Å². The van der Waals surface area contributed by atoms with Gasteiger partial charge in [-0.25, -0.2) is 0 Å². The number of ether oxygens (including phenoxy) is 1. The van der Waals surface area contributed by atoms with Gasteiger partial charge in [0.25, 0.3) is 0 Å². The molecule has 116 valence electrons. The molecule has 5 rings (SSSR count). The number of rotatable bonds is 2. The lowest BCUT2D eigenvalue weighted by Crippen LogP contribution is -2.32. The van der Waals surface area contributed by atoms with Crippen molar-refractivity contribution in [2.75, 3.05) is 0 Å². The minimum atomic E-state index is -0.0788. The molecule has 0 spiro atoms. The van der Waals surface area contributed by atoms with Gasteiger partial charge in [0, 0.05) is 5.92 Å². The quantitative estimate of drug-likeness (QED) is 0.825. The van der Waals surface area contributed by atoms with E-state index in [1.807, 2.05) is 0 Å². The van der Waals surface area contributed by atoms with Gasteiger partial charge >= 0.3 is 0 Å². The van der Waals surface area contributed by atoms with E-state index in [9.17, 15) is 4.79 Å². The molecule has 2 heterocycles. The lowest BCUT2D eigenvalue weighted by molar-refractivity contribution is -0.129. The van der Waals surface area contributed by atoms with Gasteiger partial charge in [-0.05, 0) is 47.9 Å². The first-order chi connectivity index (χ1) is 11.3. The van der Waals surface area contributed by atoms with Crippen LogP contribution >= 0.6 is 0 Å². The maximum atomic E-state index is 13.4. The predicted molar refractivity (Wildman–Crippen MR) is 89.3 cm³/mol. The van der Waals surface area contributed by atoms with Crippen LogP contribution in [-0.4, -0.2) is 18.0 Å². The number of Topliss-reactive ketones (excluding diaryl/α,β-unsaturated/α-hetero) is 1. The van der Waals surface area contributed by atoms with Crippen molar-refractivity contribution in [3.05, 3.63) is 59.7 Å². The number of fused-ring (bicyclic) bond motifs is 5. The molecular weight excluding hydrogens is 284 g/mol. The Bertz CT molecular complexity index is 721. The Labute approximate surface area is 136 Å². The third kappa shape index (κ3) is 2.01. The van der Waals surface area contributed by atoms with Crippen molar-refractivity contribution in [2.45, 2.75) is 43.8 Å². The van der Waals surface area contributed by atoms with E-state index in [1.165, 1.54) is 22.3 Å². The Balaban J connectivity index is 1.56. The zero-order chi connectivity index (χ0) is 15.4. The van der Waals surface area contributed by atoms with Gasteiger partial charge in [-0.3, -0.25) is 4.79 Å². The fourth-order valence-corrected chi connectivity index (χ4v) is 4.79. The highest BCUT2D eigenvalue weighted by Gasteiger charge is 2.42. The molecule has 0 radical (unpaired) electrons. The number of carbonyl (C=O) groups excluding carboxylic acids is 1. The molecule has 2 fully saturated rings. The summed E-state index contributed by atoms with van der Waals surface area (Å²) in [6.45, 7) is 0. The van der Waals surface area contributed by atoms with E-state index in [1.54, 1.807) is 0 Å². The molecule has 0 amide bonds. The zero-order valence-electron chi connectivity index (χ0n) is 13.1. The lowest BCUT2D eigenvalue weighted by Gasteiger charge is -2.29. The van der Waals surface area contributed by atoms with Crippen LogP contribution in [-0.2, 0) is 9.53 Å². The van der Waals surface area contributed by atoms with Gasteiger partial charge in [0.2, 0.25) is 0 Å². The smallest absolute Gasteiger partial charge is 0.148 e. The molecule has 2 saturated heterocycles. The predicted octanol–water partition coefficient (Wildman–Crippen LogP) is 4.33. The lowest BCUT2D eigenvalue weighted by atomic mass is 9.81. The molecule has 2 heteroatoms. The summed E-state index contributed by atoms with van der Waals surface area (Å²) >= 11 is 0. The molecular formula is C21H20O2. The van der Waals surface area contributed by atoms with E-state index in [2.05, 4.69) is 48.5 Å². The molecule has 2 aromatic carbocycles. The van der Waals surface area contributed by atoms with E-state index in [4.69, 9.17) is 4.74 Å². The fourth-order valence-electron chi connectivity index (χ4n) is 4.79. The topological polar surface area (TPSA) is 26.3 Å². The molecule has 0 N–H and O–H groups in total. The van der Waals surface area contributed by atoms with Crippen LogP contribution in [0.4, 0.5) is 0 Å². The van der Waals surface area contributed by atoms with E-state index >= 15 is 0 Å². The normalized spacial score (nSPS) is 28.4. The van der Waals surface area contributed by atoms with Gasteiger partial charge in [-0.15, -0.1) is 0 Å². The Hall–Kier alpha value is -1.93. The molecule has 2 aliphatic heterocycles. The average Bonchev–Trinajstić information content (AvgIpc) is 3.11. The number of ketones is 1. The van der Waals surface area contributed by atoms with E-state index in [0.29, 0.717) is 18.0 Å². The summed E-state index contributed by atoms with van der Waals surface area (Å²) in [4.78, 5) is 13.4. The highest BCUT2D eigenvalue weighted by Crippen LogP contribution is 2.48. The van der Waals surface area contributed by atoms with Crippen LogP contribution in [0.2, 0.25) is 0 Å². The van der Waals surface area contributed by atoms with E-state index in [-0.39, 0.29) is 11.8 Å². The van der Waals surface area contributed by atoms with Crippen molar-refractivity contribution in [3.63, 3.8) is 0 Å². The summed E-state index contributed by atoms with van der Waals surface area (Å²) in [6, 6.07) is 16.8. The van der Waals surface area contributed by atoms with Crippen LogP contribution in [0, 0.1) is 5.92 Å². The van der Waals surface area contributed by atoms with E-state index in [0.717, 1.165) is 25.7 Å². The minimum absolute atomic E-state index is 0.0788. The first-order valence-corrected chi connectivity index (χ1v) is 8.68. The molecule has 23 heavy (non-hydrogen) atoms. The van der Waals surface area contributed by atoms with Crippen LogP contribution in [0.3, 0.4) is 0 Å². The Kier molecular flexibility index (Phi) is 2.96. The van der Waals surface area contributed by atoms with Crippen LogP contribution in [0.15, 0.2) is 48.5 Å². The van der Waals surface area contributed by atoms with Crippen molar-refractivity contribution < 1.29 is 9.53 Å². The van der Waals surface area contributed by atoms with Crippen molar-refractivity contribution in [2.24, 2.45) is 5.92 Å². The molecule has 0 aromatic heterocycles. The second kappa shape index (κ2) is 5.04. The minimum Gasteiger partial charge on any atom is -0.375 e. The number of benzene rings is 2. The van der Waals surface area contributed by atoms with Gasteiger partial charge in [0.15, 0.2) is 0 Å². The van der Waals surface area contributed by atoms with Gasteiger partial charge in [0.1, 0.15) is 5.78 Å². The molecule has 2 bridgehead atoms. The summed E-state index contributed by atoms with van der Waals surface area (Å²) in [5.41, 5.74) is 4.85. The summed E-state index contributed by atoms with van der Waals surface area (Å²) in [6.07, 6.45) is 4.72. The van der Waals surface area contributed by atoms with Crippen LogP contribution in [0.25, 0.3) is 11.1 Å². The van der Waals surface area contributed by atoms with Gasteiger partial charge in [-0.1, -0.05) is 48.5 Å². The first-order valence-electron chi connectivity index (χ1n) is 8.68. The third-order valence-electron chi connectivity index (χ3n) is 5.81. The summed E-state index contributed by atoms with van der Waals surface area (Å²) in [5.74, 6) is 0.484. The molecule has 3 aliphatic rings. The Morgan fingerprint density at radius 3 is 1.91 bits per heavy atom. The Morgan fingerprint density at radius 1 is 0.826 bits per heavy atom. The fraction of sp³-hybridized carbons (Fsp3) is 0.381. The molecule has 1 aliphatic carbocycles. The molecule has 2 nitrogen and oxygen atoms in total. The molecule has 0 saturated carbocycles. The van der Waals surface area contributed by atoms with Crippen molar-refractivity contribution in [1.82, 2.24) is 0 Å². The van der Waals surface area contributed by atoms with Crippen LogP contribution < -0.4 is 0 Å². The SMILES string of the molecule is O=C(C1CC2CCC(C1)O2)C1c2ccccc2-c2ccccc21. The maximum Gasteiger partial charge on any atom is 0.148 e. The summed E-state index contributed by atoms with van der Waals surface area (Å²) in [5, 5.41) is 0. The van der Waals surface area contributed by atoms with Crippen LogP contribution in [0.1, 0.15) is 42.7 Å². The summed E-state index contributed by atoms with van der Waals surface area (Å²) < 4.78 is 5.93. The highest BCUT2D eigenvalue weighted by molar-refractivity contribution is 5.98. The van der Waals surface area contributed by atoms with Gasteiger partial charge in [-0.2, -0.15) is 0 Å². The van der Waals surface area contributed by atoms with E-state index < -0.39 is 0 Å². The standard InChI is InChI=1S/C21H20O2/c22-21(13-11-14-9-10-15(12-13)23-14)20-18-7-3-1-5-16(18)17-6-2-4-8-19(17)20/h1-8,13-15,20H,9-12H2. The second-order valence-electron chi connectivity index (χ2n) is 7.14. The second-order valence-corrected chi connectivity index (χ2v) is 7.14.